The van der Waals surface area contributed by atoms with Crippen LogP contribution < -0.4 is 10.1 Å². The highest BCUT2D eigenvalue weighted by atomic mass is 32.1. The lowest BCUT2D eigenvalue weighted by Gasteiger charge is -2.26. The van der Waals surface area contributed by atoms with Crippen molar-refractivity contribution >= 4 is 27.5 Å². The summed E-state index contributed by atoms with van der Waals surface area (Å²) in [4.78, 5) is 21.9. The van der Waals surface area contributed by atoms with E-state index in [-0.39, 0.29) is 17.7 Å². The van der Waals surface area contributed by atoms with Gasteiger partial charge in [-0.05, 0) is 43.5 Å². The number of benzene rings is 1. The van der Waals surface area contributed by atoms with Crippen molar-refractivity contribution in [2.75, 3.05) is 6.61 Å². The van der Waals surface area contributed by atoms with Gasteiger partial charge in [0.25, 0.3) is 0 Å². The van der Waals surface area contributed by atoms with Gasteiger partial charge < -0.3 is 10.1 Å². The molecule has 0 spiro atoms. The van der Waals surface area contributed by atoms with Crippen LogP contribution in [0.25, 0.3) is 10.2 Å². The molecule has 0 saturated carbocycles. The predicted molar refractivity (Wildman–Crippen MR) is 111 cm³/mol. The molecule has 144 valence electrons. The van der Waals surface area contributed by atoms with Crippen LogP contribution in [-0.2, 0) is 11.3 Å². The van der Waals surface area contributed by atoms with E-state index in [1.54, 1.807) is 17.5 Å². The van der Waals surface area contributed by atoms with E-state index in [4.69, 9.17) is 9.72 Å². The molecule has 1 N–H and O–H groups in total. The van der Waals surface area contributed by atoms with Crippen LogP contribution in [0.4, 0.5) is 0 Å². The molecule has 1 aliphatic rings. The average molecular weight is 394 g/mol. The van der Waals surface area contributed by atoms with Crippen LogP contribution in [0.2, 0.25) is 0 Å². The van der Waals surface area contributed by atoms with Gasteiger partial charge in [-0.15, -0.1) is 11.3 Å². The number of pyridine rings is 1. The molecule has 2 aromatic heterocycles. The minimum Gasteiger partial charge on any atom is -0.478 e. The van der Waals surface area contributed by atoms with Gasteiger partial charge in [0.2, 0.25) is 11.8 Å². The number of rotatable bonds is 6. The number of nitrogens with zero attached hydrogens (tertiary/aromatic N) is 2. The number of para-hydroxylation sites is 1. The van der Waals surface area contributed by atoms with Crippen molar-refractivity contribution in [2.45, 2.75) is 32.2 Å². The van der Waals surface area contributed by atoms with Crippen LogP contribution in [0.15, 0.2) is 54.7 Å². The maximum absolute atomic E-state index is 13.0. The Labute approximate surface area is 168 Å². The summed E-state index contributed by atoms with van der Waals surface area (Å²) in [5, 5.41) is 4.14. The first-order valence-corrected chi connectivity index (χ1v) is 10.4. The SMILES string of the molecule is CCOc1cc(CNC(=O)[C@@H]2CC=CC[C@@H]2c2nc3ccccc3s2)ccn1. The molecule has 6 heteroatoms. The van der Waals surface area contributed by atoms with Gasteiger partial charge in [0, 0.05) is 24.7 Å². The van der Waals surface area contributed by atoms with Gasteiger partial charge in [0.05, 0.1) is 27.7 Å². The van der Waals surface area contributed by atoms with Gasteiger partial charge in [0.1, 0.15) is 0 Å². The topological polar surface area (TPSA) is 64.1 Å². The number of allylic oxidation sites excluding steroid dienone is 2. The summed E-state index contributed by atoms with van der Waals surface area (Å²) in [6, 6.07) is 11.9. The number of carbonyl (C=O) groups is 1. The normalized spacial score (nSPS) is 18.9. The molecule has 0 radical (unpaired) electrons. The Bertz CT molecular complexity index is 965. The molecule has 2 heterocycles. The zero-order valence-electron chi connectivity index (χ0n) is 15.8. The monoisotopic (exact) mass is 393 g/mol. The fraction of sp³-hybridized carbons (Fsp3) is 0.318. The van der Waals surface area contributed by atoms with Crippen LogP contribution in [0.1, 0.15) is 36.3 Å². The quantitative estimate of drug-likeness (QED) is 0.628. The number of thiazole rings is 1. The van der Waals surface area contributed by atoms with Gasteiger partial charge in [-0.25, -0.2) is 9.97 Å². The van der Waals surface area contributed by atoms with Gasteiger partial charge in [-0.3, -0.25) is 4.79 Å². The van der Waals surface area contributed by atoms with Crippen molar-refractivity contribution in [1.82, 2.24) is 15.3 Å². The maximum atomic E-state index is 13.0. The highest BCUT2D eigenvalue weighted by molar-refractivity contribution is 7.18. The van der Waals surface area contributed by atoms with Crippen molar-refractivity contribution in [3.63, 3.8) is 0 Å². The summed E-state index contributed by atoms with van der Waals surface area (Å²) in [7, 11) is 0. The van der Waals surface area contributed by atoms with Crippen LogP contribution in [0.5, 0.6) is 5.88 Å². The van der Waals surface area contributed by atoms with Crippen LogP contribution in [0.3, 0.4) is 0 Å². The second-order valence-corrected chi connectivity index (χ2v) is 7.89. The fourth-order valence-electron chi connectivity index (χ4n) is 3.53. The van der Waals surface area contributed by atoms with Crippen molar-refractivity contribution in [1.29, 1.82) is 0 Å². The fourth-order valence-corrected chi connectivity index (χ4v) is 4.68. The van der Waals surface area contributed by atoms with Crippen molar-refractivity contribution in [3.8, 4) is 5.88 Å². The lowest BCUT2D eigenvalue weighted by Crippen LogP contribution is -2.34. The molecule has 5 nitrogen and oxygen atoms in total. The number of ether oxygens (including phenoxy) is 1. The molecule has 28 heavy (non-hydrogen) atoms. The molecular formula is C22H23N3O2S. The number of hydrogen-bond acceptors (Lipinski definition) is 5. The summed E-state index contributed by atoms with van der Waals surface area (Å²) in [6.07, 6.45) is 7.57. The Hall–Kier alpha value is -2.73. The lowest BCUT2D eigenvalue weighted by atomic mass is 9.82. The molecule has 0 saturated heterocycles. The Morgan fingerprint density at radius 1 is 1.25 bits per heavy atom. The smallest absolute Gasteiger partial charge is 0.224 e. The minimum atomic E-state index is -0.0984. The van der Waals surface area contributed by atoms with Gasteiger partial charge in [-0.1, -0.05) is 24.3 Å². The number of fused-ring (bicyclic) bond motifs is 1. The average Bonchev–Trinajstić information content (AvgIpc) is 3.17. The molecule has 4 rings (SSSR count). The van der Waals surface area contributed by atoms with Crippen molar-refractivity contribution < 1.29 is 9.53 Å². The largest absolute Gasteiger partial charge is 0.478 e. The summed E-state index contributed by atoms with van der Waals surface area (Å²) in [6.45, 7) is 2.96. The van der Waals surface area contributed by atoms with Gasteiger partial charge >= 0.3 is 0 Å². The third-order valence-corrected chi connectivity index (χ3v) is 6.12. The number of nitrogens with one attached hydrogen (secondary N) is 1. The second-order valence-electron chi connectivity index (χ2n) is 6.83. The second kappa shape index (κ2) is 8.52. The first kappa shape index (κ1) is 18.6. The maximum Gasteiger partial charge on any atom is 0.224 e. The van der Waals surface area contributed by atoms with Crippen LogP contribution in [-0.4, -0.2) is 22.5 Å². The van der Waals surface area contributed by atoms with E-state index in [1.807, 2.05) is 37.3 Å². The van der Waals surface area contributed by atoms with Gasteiger partial charge in [0.15, 0.2) is 0 Å². The summed E-state index contributed by atoms with van der Waals surface area (Å²) in [5.74, 6) is 0.683. The predicted octanol–water partition coefficient (Wildman–Crippen LogP) is 4.46. The third kappa shape index (κ3) is 4.07. The van der Waals surface area contributed by atoms with Crippen molar-refractivity contribution in [3.05, 3.63) is 65.3 Å². The molecule has 0 bridgehead atoms. The molecule has 2 atom stereocenters. The Balaban J connectivity index is 1.47. The Kier molecular flexibility index (Phi) is 5.67. The first-order chi connectivity index (χ1) is 13.7. The standard InChI is InChI=1S/C22H23N3O2S/c1-2-27-20-13-15(11-12-23-20)14-24-21(26)16-7-3-4-8-17(16)22-25-18-9-5-6-10-19(18)28-22/h3-6,9-13,16-17H,2,7-8,14H2,1H3,(H,24,26)/t16-,17+/m1/s1. The zero-order valence-corrected chi connectivity index (χ0v) is 16.6. The number of amides is 1. The van der Waals surface area contributed by atoms with Crippen LogP contribution >= 0.6 is 11.3 Å². The van der Waals surface area contributed by atoms with Crippen molar-refractivity contribution in [2.24, 2.45) is 5.92 Å². The van der Waals surface area contributed by atoms with E-state index in [0.29, 0.717) is 19.0 Å². The molecule has 0 aliphatic heterocycles. The molecule has 3 aromatic rings. The van der Waals surface area contributed by atoms with E-state index in [9.17, 15) is 4.79 Å². The van der Waals surface area contributed by atoms with E-state index < -0.39 is 0 Å². The summed E-state index contributed by atoms with van der Waals surface area (Å²) in [5.41, 5.74) is 1.99. The lowest BCUT2D eigenvalue weighted by molar-refractivity contribution is -0.125. The molecule has 0 unspecified atom stereocenters. The first-order valence-electron chi connectivity index (χ1n) is 9.60. The van der Waals surface area contributed by atoms with Gasteiger partial charge in [-0.2, -0.15) is 0 Å². The number of aromatic nitrogens is 2. The van der Waals surface area contributed by atoms with E-state index in [0.717, 1.165) is 28.9 Å². The van der Waals surface area contributed by atoms with E-state index >= 15 is 0 Å². The summed E-state index contributed by atoms with van der Waals surface area (Å²) >= 11 is 1.70. The van der Waals surface area contributed by atoms with Crippen LogP contribution in [0, 0.1) is 5.92 Å². The zero-order chi connectivity index (χ0) is 19.3. The highest BCUT2D eigenvalue weighted by Gasteiger charge is 2.32. The molecule has 1 aliphatic carbocycles. The number of hydrogen-bond donors (Lipinski definition) is 1. The van der Waals surface area contributed by atoms with E-state index in [2.05, 4.69) is 28.5 Å². The number of carbonyl (C=O) groups excluding carboxylic acids is 1. The summed E-state index contributed by atoms with van der Waals surface area (Å²) < 4.78 is 6.61. The van der Waals surface area contributed by atoms with E-state index in [1.165, 1.54) is 4.70 Å². The Morgan fingerprint density at radius 2 is 2.11 bits per heavy atom. The highest BCUT2D eigenvalue weighted by Crippen LogP contribution is 2.38. The molecule has 1 aromatic carbocycles. The molecule has 1 amide bonds. The minimum absolute atomic E-state index is 0.0726. The molecule has 0 fully saturated rings. The Morgan fingerprint density at radius 3 is 2.96 bits per heavy atom. The third-order valence-electron chi connectivity index (χ3n) is 4.96. The molecular weight excluding hydrogens is 370 g/mol.